The first-order valence-electron chi connectivity index (χ1n) is 5.44. The van der Waals surface area contributed by atoms with Crippen molar-refractivity contribution in [2.24, 2.45) is 5.41 Å². The molecular weight excluding hydrogens is 293 g/mol. The number of sulfone groups is 1. The summed E-state index contributed by atoms with van der Waals surface area (Å²) in [6.07, 6.45) is 1.79. The van der Waals surface area contributed by atoms with Crippen LogP contribution in [0, 0.1) is 16.7 Å². The van der Waals surface area contributed by atoms with Crippen molar-refractivity contribution < 1.29 is 8.42 Å². The van der Waals surface area contributed by atoms with Crippen molar-refractivity contribution in [3.8, 4) is 6.07 Å². The largest absolute Gasteiger partial charge is 0.224 e. The van der Waals surface area contributed by atoms with Gasteiger partial charge in [-0.25, -0.2) is 8.42 Å². The van der Waals surface area contributed by atoms with E-state index in [1.807, 2.05) is 6.07 Å². The second-order valence-electron chi connectivity index (χ2n) is 4.64. The molecular formula is C12H11Cl2NO2S. The highest BCUT2D eigenvalue weighted by atomic mass is 35.5. The van der Waals surface area contributed by atoms with Gasteiger partial charge in [0.05, 0.1) is 21.9 Å². The molecule has 6 heteroatoms. The third kappa shape index (κ3) is 2.64. The van der Waals surface area contributed by atoms with Crippen LogP contribution < -0.4 is 0 Å². The molecule has 1 aliphatic rings. The van der Waals surface area contributed by atoms with E-state index < -0.39 is 15.3 Å². The zero-order chi connectivity index (χ0) is 13.4. The van der Waals surface area contributed by atoms with Gasteiger partial charge in [-0.1, -0.05) is 29.3 Å². The van der Waals surface area contributed by atoms with Gasteiger partial charge in [0.2, 0.25) is 0 Å². The van der Waals surface area contributed by atoms with E-state index in [4.69, 9.17) is 28.5 Å². The molecule has 0 heterocycles. The minimum absolute atomic E-state index is 0.0162. The zero-order valence-corrected chi connectivity index (χ0v) is 11.8. The van der Waals surface area contributed by atoms with Gasteiger partial charge >= 0.3 is 0 Å². The Bertz CT molecular complexity index is 595. The molecule has 0 saturated heterocycles. The molecule has 0 aliphatic heterocycles. The minimum Gasteiger partial charge on any atom is -0.224 e. The van der Waals surface area contributed by atoms with Gasteiger partial charge in [-0.15, -0.1) is 0 Å². The van der Waals surface area contributed by atoms with Crippen LogP contribution in [0.25, 0.3) is 0 Å². The number of nitrogens with zero attached hydrogens (tertiary/aromatic N) is 1. The maximum Gasteiger partial charge on any atom is 0.181 e. The molecule has 1 saturated carbocycles. The van der Waals surface area contributed by atoms with E-state index in [2.05, 4.69) is 0 Å². The van der Waals surface area contributed by atoms with Crippen LogP contribution in [0.2, 0.25) is 10.0 Å². The number of hydrogen-bond acceptors (Lipinski definition) is 3. The Morgan fingerprint density at radius 2 is 1.83 bits per heavy atom. The Kier molecular flexibility index (Phi) is 3.59. The summed E-state index contributed by atoms with van der Waals surface area (Å²) < 4.78 is 24.7. The molecule has 0 amide bonds. The van der Waals surface area contributed by atoms with Crippen LogP contribution in [0.15, 0.2) is 23.1 Å². The highest BCUT2D eigenvalue weighted by Crippen LogP contribution is 2.51. The number of halogens is 2. The fourth-order valence-corrected chi connectivity index (χ4v) is 5.15. The zero-order valence-electron chi connectivity index (χ0n) is 9.49. The number of rotatable bonds is 4. The number of nitriles is 1. The van der Waals surface area contributed by atoms with Crippen LogP contribution in [0.4, 0.5) is 0 Å². The molecule has 2 rings (SSSR count). The van der Waals surface area contributed by atoms with E-state index in [-0.39, 0.29) is 27.1 Å². The van der Waals surface area contributed by atoms with Gasteiger partial charge in [-0.05, 0) is 30.4 Å². The lowest BCUT2D eigenvalue weighted by molar-refractivity contribution is 0.548. The molecule has 1 aliphatic carbocycles. The first kappa shape index (κ1) is 13.7. The molecule has 0 atom stereocenters. The van der Waals surface area contributed by atoms with Gasteiger partial charge in [-0.3, -0.25) is 0 Å². The van der Waals surface area contributed by atoms with Crippen LogP contribution in [-0.2, 0) is 9.84 Å². The van der Waals surface area contributed by atoms with Crippen molar-refractivity contribution >= 4 is 33.0 Å². The van der Waals surface area contributed by atoms with Crippen molar-refractivity contribution in [3.05, 3.63) is 28.2 Å². The second kappa shape index (κ2) is 4.73. The van der Waals surface area contributed by atoms with E-state index in [9.17, 15) is 8.42 Å². The lowest BCUT2D eigenvalue weighted by Crippen LogP contribution is -2.18. The highest BCUT2D eigenvalue weighted by molar-refractivity contribution is 7.91. The first-order chi connectivity index (χ1) is 8.40. The summed E-state index contributed by atoms with van der Waals surface area (Å²) in [4.78, 5) is -0.0162. The Hall–Kier alpha value is -0.760. The van der Waals surface area contributed by atoms with Crippen LogP contribution in [0.1, 0.15) is 19.3 Å². The lowest BCUT2D eigenvalue weighted by atomic mass is 10.1. The van der Waals surface area contributed by atoms with Crippen LogP contribution in [0.3, 0.4) is 0 Å². The molecule has 0 spiro atoms. The molecule has 0 bridgehead atoms. The quantitative estimate of drug-likeness (QED) is 0.856. The van der Waals surface area contributed by atoms with Gasteiger partial charge < -0.3 is 0 Å². The summed E-state index contributed by atoms with van der Waals surface area (Å²) in [5.74, 6) is -0.0585. The summed E-state index contributed by atoms with van der Waals surface area (Å²) >= 11 is 11.8. The molecule has 0 unspecified atom stereocenters. The Labute approximate surface area is 116 Å². The average molecular weight is 304 g/mol. The standard InChI is InChI=1S/C12H11Cl2NO2S/c13-9-2-1-3-10(14)11(9)18(16,17)8-12(4-5-12)6-7-15/h1-3H,4-6,8H2. The number of hydrogen-bond donors (Lipinski definition) is 0. The summed E-state index contributed by atoms with van der Waals surface area (Å²) in [6, 6.07) is 6.65. The van der Waals surface area contributed by atoms with Gasteiger partial charge in [-0.2, -0.15) is 5.26 Å². The van der Waals surface area contributed by atoms with E-state index in [0.29, 0.717) is 0 Å². The molecule has 1 aromatic rings. The summed E-state index contributed by atoms with van der Waals surface area (Å²) in [5.41, 5.74) is -0.393. The fourth-order valence-electron chi connectivity index (χ4n) is 1.97. The molecule has 0 N–H and O–H groups in total. The van der Waals surface area contributed by atoms with Crippen LogP contribution in [0.5, 0.6) is 0 Å². The summed E-state index contributed by atoms with van der Waals surface area (Å²) in [6.45, 7) is 0. The monoisotopic (exact) mass is 303 g/mol. The molecule has 1 fully saturated rings. The maximum absolute atomic E-state index is 12.3. The lowest BCUT2D eigenvalue weighted by Gasteiger charge is -2.13. The predicted octanol–water partition coefficient (Wildman–Crippen LogP) is 3.46. The van der Waals surface area contributed by atoms with Gasteiger partial charge in [0.15, 0.2) is 9.84 Å². The van der Waals surface area contributed by atoms with Gasteiger partial charge in [0.1, 0.15) is 4.90 Å². The smallest absolute Gasteiger partial charge is 0.181 e. The third-order valence-corrected chi connectivity index (χ3v) is 6.05. The van der Waals surface area contributed by atoms with Gasteiger partial charge in [0.25, 0.3) is 0 Å². The topological polar surface area (TPSA) is 57.9 Å². The molecule has 96 valence electrons. The van der Waals surface area contributed by atoms with E-state index in [1.54, 1.807) is 6.07 Å². The van der Waals surface area contributed by atoms with Crippen molar-refractivity contribution in [1.29, 1.82) is 5.26 Å². The Morgan fingerprint density at radius 1 is 1.28 bits per heavy atom. The molecule has 0 aromatic heterocycles. The first-order valence-corrected chi connectivity index (χ1v) is 7.85. The van der Waals surface area contributed by atoms with E-state index >= 15 is 0 Å². The predicted molar refractivity (Wildman–Crippen MR) is 70.4 cm³/mol. The average Bonchev–Trinajstić information content (AvgIpc) is 2.96. The molecule has 3 nitrogen and oxygen atoms in total. The fraction of sp³-hybridized carbons (Fsp3) is 0.417. The van der Waals surface area contributed by atoms with Crippen molar-refractivity contribution in [2.75, 3.05) is 5.75 Å². The van der Waals surface area contributed by atoms with Crippen LogP contribution in [-0.4, -0.2) is 14.2 Å². The third-order valence-electron chi connectivity index (χ3n) is 3.14. The van der Waals surface area contributed by atoms with E-state index in [1.165, 1.54) is 12.1 Å². The van der Waals surface area contributed by atoms with Crippen LogP contribution >= 0.6 is 23.2 Å². The highest BCUT2D eigenvalue weighted by Gasteiger charge is 2.46. The van der Waals surface area contributed by atoms with Gasteiger partial charge in [0, 0.05) is 6.42 Å². The van der Waals surface area contributed by atoms with Crippen molar-refractivity contribution in [2.45, 2.75) is 24.2 Å². The summed E-state index contributed by atoms with van der Waals surface area (Å²) in [5, 5.41) is 8.99. The number of benzene rings is 1. The molecule has 1 aromatic carbocycles. The Balaban J connectivity index is 2.36. The minimum atomic E-state index is -3.55. The SMILES string of the molecule is N#CCC1(CS(=O)(=O)c2c(Cl)cccc2Cl)CC1. The Morgan fingerprint density at radius 3 is 2.28 bits per heavy atom. The maximum atomic E-state index is 12.3. The second-order valence-corrected chi connectivity index (χ2v) is 7.39. The van der Waals surface area contributed by atoms with Crippen molar-refractivity contribution in [1.82, 2.24) is 0 Å². The van der Waals surface area contributed by atoms with Crippen molar-refractivity contribution in [3.63, 3.8) is 0 Å². The summed E-state index contributed by atoms with van der Waals surface area (Å²) in [7, 11) is -3.55. The normalized spacial score (nSPS) is 17.2. The molecule has 18 heavy (non-hydrogen) atoms. The molecule has 0 radical (unpaired) electrons. The van der Waals surface area contributed by atoms with E-state index in [0.717, 1.165) is 12.8 Å².